The number of nitrogens with one attached hydrogen (secondary N) is 1. The molecule has 3 heteroatoms. The maximum absolute atomic E-state index is 3.18. The molecule has 0 amide bonds. The van der Waals surface area contributed by atoms with Gasteiger partial charge in [-0.1, -0.05) is 0 Å². The van der Waals surface area contributed by atoms with E-state index in [4.69, 9.17) is 0 Å². The van der Waals surface area contributed by atoms with Gasteiger partial charge in [-0.2, -0.15) is 0 Å². The van der Waals surface area contributed by atoms with Gasteiger partial charge in [0.2, 0.25) is 0 Å². The van der Waals surface area contributed by atoms with E-state index in [-0.39, 0.29) is 0 Å². The Morgan fingerprint density at radius 3 is 2.17 bits per heavy atom. The zero-order chi connectivity index (χ0) is 9.61. The summed E-state index contributed by atoms with van der Waals surface area (Å²) in [5.74, 6) is 0. The molecular formula is C9H24N3+. The van der Waals surface area contributed by atoms with Gasteiger partial charge in [0.15, 0.2) is 0 Å². The normalized spacial score (nSPS) is 12.5. The van der Waals surface area contributed by atoms with Gasteiger partial charge in [-0.05, 0) is 21.1 Å². The summed E-state index contributed by atoms with van der Waals surface area (Å²) >= 11 is 0. The Bertz CT molecular complexity index is 110. The lowest BCUT2D eigenvalue weighted by molar-refractivity contribution is -0.888. The van der Waals surface area contributed by atoms with Crippen molar-refractivity contribution in [3.8, 4) is 0 Å². The molecule has 0 rings (SSSR count). The van der Waals surface area contributed by atoms with E-state index in [9.17, 15) is 0 Å². The molecule has 0 unspecified atom stereocenters. The average molecular weight is 174 g/mol. The second kappa shape index (κ2) is 5.51. The molecule has 0 radical (unpaired) electrons. The molecule has 0 saturated carbocycles. The molecule has 0 bridgehead atoms. The molecule has 0 spiro atoms. The van der Waals surface area contributed by atoms with Gasteiger partial charge in [-0.15, -0.1) is 0 Å². The summed E-state index contributed by atoms with van der Waals surface area (Å²) in [7, 11) is 10.8. The van der Waals surface area contributed by atoms with Gasteiger partial charge in [0.1, 0.15) is 0 Å². The molecule has 1 N–H and O–H groups in total. The molecule has 74 valence electrons. The van der Waals surface area contributed by atoms with E-state index in [0.29, 0.717) is 0 Å². The summed E-state index contributed by atoms with van der Waals surface area (Å²) in [4.78, 5) is 2.24. The van der Waals surface area contributed by atoms with E-state index in [2.05, 4.69) is 38.4 Å². The number of nitrogens with zero attached hydrogens (tertiary/aromatic N) is 2. The Morgan fingerprint density at radius 2 is 1.75 bits per heavy atom. The van der Waals surface area contributed by atoms with Gasteiger partial charge in [-0.25, -0.2) is 0 Å². The van der Waals surface area contributed by atoms with Crippen molar-refractivity contribution in [1.82, 2.24) is 10.2 Å². The molecule has 0 fully saturated rings. The monoisotopic (exact) mass is 174 g/mol. The molecule has 0 aliphatic heterocycles. The van der Waals surface area contributed by atoms with Crippen LogP contribution in [0.15, 0.2) is 0 Å². The molecule has 0 aromatic heterocycles. The van der Waals surface area contributed by atoms with E-state index in [1.807, 2.05) is 7.05 Å². The van der Waals surface area contributed by atoms with Crippen LogP contribution in [0.2, 0.25) is 0 Å². The second-order valence-electron chi connectivity index (χ2n) is 4.29. The minimum Gasteiger partial charge on any atom is -0.326 e. The molecule has 0 aromatic rings. The summed E-state index contributed by atoms with van der Waals surface area (Å²) in [6.07, 6.45) is 0. The highest BCUT2D eigenvalue weighted by molar-refractivity contribution is 4.43. The first kappa shape index (κ1) is 11.9. The van der Waals surface area contributed by atoms with E-state index in [1.165, 1.54) is 13.1 Å². The maximum Gasteiger partial charge on any atom is 0.0911 e. The molecular weight excluding hydrogens is 150 g/mol. The third-order valence-electron chi connectivity index (χ3n) is 2.12. The maximum atomic E-state index is 3.18. The van der Waals surface area contributed by atoms with E-state index in [0.717, 1.165) is 17.6 Å². The Balaban J connectivity index is 3.56. The Hall–Kier alpha value is -0.120. The lowest BCUT2D eigenvalue weighted by Gasteiger charge is -2.30. The largest absolute Gasteiger partial charge is 0.326 e. The molecule has 0 saturated heterocycles. The number of hydrogen-bond donors (Lipinski definition) is 1. The minimum absolute atomic E-state index is 1.10. The van der Waals surface area contributed by atoms with Gasteiger partial charge in [0.25, 0.3) is 0 Å². The standard InChI is InChI=1S/C9H24N3/c1-10-6-8-12(4,5)9-7-11(2)3/h10H,6-9H2,1-5H3/q+1. The summed E-state index contributed by atoms with van der Waals surface area (Å²) < 4.78 is 1.10. The minimum atomic E-state index is 1.10. The van der Waals surface area contributed by atoms with Crippen molar-refractivity contribution in [2.45, 2.75) is 0 Å². The van der Waals surface area contributed by atoms with E-state index in [1.54, 1.807) is 0 Å². The first-order chi connectivity index (χ1) is 5.48. The van der Waals surface area contributed by atoms with Crippen LogP contribution in [0.4, 0.5) is 0 Å². The van der Waals surface area contributed by atoms with Gasteiger partial charge >= 0.3 is 0 Å². The highest BCUT2D eigenvalue weighted by atomic mass is 15.3. The predicted octanol–water partition coefficient (Wildman–Crippen LogP) is -0.156. The smallest absolute Gasteiger partial charge is 0.0911 e. The summed E-state index contributed by atoms with van der Waals surface area (Å²) in [6.45, 7) is 4.68. The van der Waals surface area contributed by atoms with Gasteiger partial charge in [0.05, 0.1) is 27.2 Å². The van der Waals surface area contributed by atoms with Crippen molar-refractivity contribution in [2.24, 2.45) is 0 Å². The molecule has 0 atom stereocenters. The zero-order valence-corrected chi connectivity index (χ0v) is 9.22. The third kappa shape index (κ3) is 6.58. The van der Waals surface area contributed by atoms with E-state index < -0.39 is 0 Å². The highest BCUT2D eigenvalue weighted by Gasteiger charge is 2.13. The topological polar surface area (TPSA) is 15.3 Å². The van der Waals surface area contributed by atoms with Crippen molar-refractivity contribution in [2.75, 3.05) is 61.4 Å². The van der Waals surface area contributed by atoms with Crippen molar-refractivity contribution in [1.29, 1.82) is 0 Å². The second-order valence-corrected chi connectivity index (χ2v) is 4.29. The third-order valence-corrected chi connectivity index (χ3v) is 2.12. The lowest BCUT2D eigenvalue weighted by atomic mass is 10.4. The molecule has 0 aliphatic carbocycles. The number of quaternary nitrogens is 1. The fraction of sp³-hybridized carbons (Fsp3) is 1.00. The Kier molecular flexibility index (Phi) is 5.46. The van der Waals surface area contributed by atoms with Crippen LogP contribution in [0.3, 0.4) is 0 Å². The lowest BCUT2D eigenvalue weighted by Crippen LogP contribution is -2.47. The van der Waals surface area contributed by atoms with Crippen LogP contribution in [0.1, 0.15) is 0 Å². The highest BCUT2D eigenvalue weighted by Crippen LogP contribution is 1.95. The van der Waals surface area contributed by atoms with Crippen LogP contribution in [-0.2, 0) is 0 Å². The molecule has 0 heterocycles. The van der Waals surface area contributed by atoms with Crippen LogP contribution >= 0.6 is 0 Å². The first-order valence-electron chi connectivity index (χ1n) is 4.59. The quantitative estimate of drug-likeness (QED) is 0.563. The van der Waals surface area contributed by atoms with Crippen molar-refractivity contribution in [3.63, 3.8) is 0 Å². The predicted molar refractivity (Wildman–Crippen MR) is 54.3 cm³/mol. The molecule has 12 heavy (non-hydrogen) atoms. The van der Waals surface area contributed by atoms with E-state index >= 15 is 0 Å². The van der Waals surface area contributed by atoms with Gasteiger partial charge < -0.3 is 14.7 Å². The van der Waals surface area contributed by atoms with Crippen LogP contribution in [-0.4, -0.2) is 70.8 Å². The fourth-order valence-corrected chi connectivity index (χ4v) is 0.997. The van der Waals surface area contributed by atoms with Gasteiger partial charge in [0, 0.05) is 13.1 Å². The number of hydrogen-bond acceptors (Lipinski definition) is 2. The van der Waals surface area contributed by atoms with Crippen LogP contribution in [0.5, 0.6) is 0 Å². The SMILES string of the molecule is CNCC[N+](C)(C)CCN(C)C. The molecule has 0 aromatic carbocycles. The van der Waals surface area contributed by atoms with Gasteiger partial charge in [-0.3, -0.25) is 0 Å². The van der Waals surface area contributed by atoms with Crippen LogP contribution in [0, 0.1) is 0 Å². The van der Waals surface area contributed by atoms with Crippen molar-refractivity contribution >= 4 is 0 Å². The fourth-order valence-electron chi connectivity index (χ4n) is 0.997. The van der Waals surface area contributed by atoms with Crippen molar-refractivity contribution in [3.05, 3.63) is 0 Å². The number of likely N-dealkylation sites (N-methyl/N-ethyl adjacent to an activating group) is 3. The summed E-state index contributed by atoms with van der Waals surface area (Å²) in [5, 5.41) is 3.18. The summed E-state index contributed by atoms with van der Waals surface area (Å²) in [5.41, 5.74) is 0. The zero-order valence-electron chi connectivity index (χ0n) is 9.22. The number of rotatable bonds is 6. The average Bonchev–Trinajstić information content (AvgIpc) is 1.98. The molecule has 3 nitrogen and oxygen atoms in total. The molecule has 0 aliphatic rings. The van der Waals surface area contributed by atoms with Crippen LogP contribution in [0.25, 0.3) is 0 Å². The summed E-state index contributed by atoms with van der Waals surface area (Å²) in [6, 6.07) is 0. The van der Waals surface area contributed by atoms with Crippen molar-refractivity contribution < 1.29 is 4.48 Å². The first-order valence-corrected chi connectivity index (χ1v) is 4.59. The Morgan fingerprint density at radius 1 is 1.17 bits per heavy atom. The van der Waals surface area contributed by atoms with Crippen LogP contribution < -0.4 is 5.32 Å². The Labute approximate surface area is 76.9 Å².